The third-order valence-electron chi connectivity index (χ3n) is 5.04. The van der Waals surface area contributed by atoms with Crippen LogP contribution in [0.25, 0.3) is 0 Å². The Hall–Kier alpha value is -3.28. The largest absolute Gasteiger partial charge is 0.477 e. The SMILES string of the molecule is CO/N=C(\C(=O)NC1C(=O)N2C(C(=O)O)=C(CSC3=NC(N)=CCN3N)CS[C@@H]12)c1csc(N)n1. The van der Waals surface area contributed by atoms with Gasteiger partial charge in [-0.3, -0.25) is 19.5 Å². The maximum Gasteiger partial charge on any atom is 0.352 e. The number of thiazole rings is 1. The van der Waals surface area contributed by atoms with E-state index in [0.717, 1.165) is 11.3 Å². The van der Waals surface area contributed by atoms with Crippen LogP contribution in [0.3, 0.4) is 0 Å². The van der Waals surface area contributed by atoms with Crippen LogP contribution in [0.15, 0.2) is 38.7 Å². The Kier molecular flexibility index (Phi) is 7.20. The molecule has 0 spiro atoms. The fourth-order valence-corrected chi connectivity index (χ4v) is 6.43. The molecule has 3 aliphatic heterocycles. The summed E-state index contributed by atoms with van der Waals surface area (Å²) < 4.78 is 0. The number of anilines is 1. The summed E-state index contributed by atoms with van der Waals surface area (Å²) in [5.74, 6) is 4.33. The maximum absolute atomic E-state index is 12.9. The van der Waals surface area contributed by atoms with Gasteiger partial charge < -0.3 is 26.7 Å². The first-order valence-corrected chi connectivity index (χ1v) is 12.9. The Labute approximate surface area is 211 Å². The first-order chi connectivity index (χ1) is 16.7. The Morgan fingerprint density at radius 1 is 1.43 bits per heavy atom. The summed E-state index contributed by atoms with van der Waals surface area (Å²) in [6.45, 7) is 0.382. The van der Waals surface area contributed by atoms with E-state index in [1.807, 2.05) is 0 Å². The molecule has 14 nitrogen and oxygen atoms in total. The Morgan fingerprint density at radius 3 is 2.86 bits per heavy atom. The summed E-state index contributed by atoms with van der Waals surface area (Å²) in [6.07, 6.45) is 1.66. The highest BCUT2D eigenvalue weighted by molar-refractivity contribution is 8.14. The monoisotopic (exact) mass is 539 g/mol. The van der Waals surface area contributed by atoms with E-state index in [0.29, 0.717) is 28.9 Å². The molecule has 1 aromatic rings. The molecule has 2 amide bonds. The van der Waals surface area contributed by atoms with Crippen LogP contribution in [0, 0.1) is 0 Å². The van der Waals surface area contributed by atoms with Crippen molar-refractivity contribution >= 4 is 68.7 Å². The number of nitrogens with one attached hydrogen (secondary N) is 1. The average molecular weight is 540 g/mol. The van der Waals surface area contributed by atoms with Crippen LogP contribution in [0.4, 0.5) is 5.13 Å². The van der Waals surface area contributed by atoms with Gasteiger partial charge in [-0.1, -0.05) is 16.9 Å². The molecule has 0 bridgehead atoms. The van der Waals surface area contributed by atoms with E-state index in [2.05, 4.69) is 20.4 Å². The van der Waals surface area contributed by atoms with Crippen molar-refractivity contribution in [2.75, 3.05) is 30.9 Å². The van der Waals surface area contributed by atoms with Crippen LogP contribution in [0.5, 0.6) is 0 Å². The normalized spacial score (nSPS) is 22.2. The fraction of sp³-hybridized carbons (Fsp3) is 0.333. The standard InChI is InChI=1S/C18H21N9O5S3/c1-32-25-10(8-6-34-17(20)22-8)13(28)24-11-14(29)27-12(16(30)31)7(4-33-15(11)27)5-35-18-23-9(19)2-3-26(18)21/h2,6,11,15H,3-5,19,21H2,1H3,(H2,20,22)(H,24,28)(H,30,31)/b25-10-/t11?,15-/m0/s1. The number of aromatic nitrogens is 1. The van der Waals surface area contributed by atoms with Gasteiger partial charge in [-0.25, -0.2) is 20.6 Å². The number of aliphatic imine (C=N–C) groups is 1. The van der Waals surface area contributed by atoms with Crippen LogP contribution in [-0.2, 0) is 19.2 Å². The van der Waals surface area contributed by atoms with Crippen molar-refractivity contribution in [1.29, 1.82) is 0 Å². The Balaban J connectivity index is 1.48. The number of carbonyl (C=O) groups excluding carboxylic acids is 2. The lowest BCUT2D eigenvalue weighted by Crippen LogP contribution is -2.71. The van der Waals surface area contributed by atoms with Crippen LogP contribution in [0.1, 0.15) is 5.69 Å². The molecule has 1 unspecified atom stereocenters. The minimum atomic E-state index is -1.24. The minimum Gasteiger partial charge on any atom is -0.477 e. The maximum atomic E-state index is 12.9. The van der Waals surface area contributed by atoms with Crippen molar-refractivity contribution in [3.63, 3.8) is 0 Å². The van der Waals surface area contributed by atoms with Crippen molar-refractivity contribution < 1.29 is 24.3 Å². The van der Waals surface area contributed by atoms with Gasteiger partial charge in [-0.05, 0) is 11.6 Å². The molecular formula is C18H21N9O5S3. The Morgan fingerprint density at radius 2 is 2.20 bits per heavy atom. The molecule has 4 rings (SSSR count). The molecule has 8 N–H and O–H groups in total. The summed E-state index contributed by atoms with van der Waals surface area (Å²) in [4.78, 5) is 51.9. The van der Waals surface area contributed by atoms with E-state index >= 15 is 0 Å². The van der Waals surface area contributed by atoms with Gasteiger partial charge in [0, 0.05) is 16.9 Å². The number of nitrogen functional groups attached to an aromatic ring is 1. The number of nitrogens with zero attached hydrogens (tertiary/aromatic N) is 5. The molecule has 3 aliphatic rings. The van der Waals surface area contributed by atoms with Crippen molar-refractivity contribution in [3.8, 4) is 0 Å². The summed E-state index contributed by atoms with van der Waals surface area (Å²) in [6, 6.07) is -0.943. The zero-order valence-corrected chi connectivity index (χ0v) is 20.7. The highest BCUT2D eigenvalue weighted by Crippen LogP contribution is 2.41. The van der Waals surface area contributed by atoms with Crippen molar-refractivity contribution in [1.82, 2.24) is 20.2 Å². The second-order valence-electron chi connectivity index (χ2n) is 7.28. The third-order valence-corrected chi connectivity index (χ3v) is 8.13. The summed E-state index contributed by atoms with van der Waals surface area (Å²) >= 11 is 3.69. The topological polar surface area (TPSA) is 215 Å². The minimum absolute atomic E-state index is 0.113. The number of aliphatic carboxylic acids is 1. The average Bonchev–Trinajstić information content (AvgIpc) is 3.26. The Bertz CT molecular complexity index is 1190. The fourth-order valence-electron chi connectivity index (χ4n) is 3.45. The van der Waals surface area contributed by atoms with Gasteiger partial charge in [0.1, 0.15) is 35.7 Å². The number of amidine groups is 1. The molecule has 0 aliphatic carbocycles. The number of carboxylic acid groups (broad SMARTS) is 1. The second kappa shape index (κ2) is 10.1. The number of rotatable bonds is 7. The van der Waals surface area contributed by atoms with Crippen LogP contribution in [-0.4, -0.2) is 85.2 Å². The van der Waals surface area contributed by atoms with Gasteiger partial charge >= 0.3 is 5.97 Å². The number of fused-ring (bicyclic) bond motifs is 1. The molecule has 0 aromatic carbocycles. The van der Waals surface area contributed by atoms with Crippen molar-refractivity contribution in [2.45, 2.75) is 11.4 Å². The third kappa shape index (κ3) is 4.93. The number of amides is 2. The summed E-state index contributed by atoms with van der Waals surface area (Å²) in [7, 11) is 1.27. The van der Waals surface area contributed by atoms with Gasteiger partial charge in [-0.15, -0.1) is 23.1 Å². The number of nitrogens with two attached hydrogens (primary N) is 3. The first-order valence-electron chi connectivity index (χ1n) is 9.94. The van der Waals surface area contributed by atoms with Gasteiger partial charge in [0.15, 0.2) is 16.0 Å². The van der Waals surface area contributed by atoms with E-state index in [-0.39, 0.29) is 28.0 Å². The molecule has 0 saturated carbocycles. The summed E-state index contributed by atoms with van der Waals surface area (Å²) in [5, 5.41) is 19.2. The number of thioether (sulfide) groups is 2. The number of oxime groups is 1. The molecule has 35 heavy (non-hydrogen) atoms. The highest BCUT2D eigenvalue weighted by atomic mass is 32.2. The molecule has 1 aromatic heterocycles. The number of hydrazine groups is 1. The number of carbonyl (C=O) groups is 3. The number of hydrogen-bond donors (Lipinski definition) is 5. The molecule has 17 heteroatoms. The van der Waals surface area contributed by atoms with Gasteiger partial charge in [0.25, 0.3) is 11.8 Å². The quantitative estimate of drug-likeness (QED) is 0.121. The van der Waals surface area contributed by atoms with E-state index in [4.69, 9.17) is 22.1 Å². The van der Waals surface area contributed by atoms with E-state index in [1.54, 1.807) is 6.08 Å². The van der Waals surface area contributed by atoms with Crippen LogP contribution >= 0.6 is 34.9 Å². The number of β-lactam (4-membered cyclic amide) rings is 1. The zero-order chi connectivity index (χ0) is 25.3. The van der Waals surface area contributed by atoms with Crippen molar-refractivity contribution in [3.05, 3.63) is 34.2 Å². The lowest BCUT2D eigenvalue weighted by atomic mass is 10.0. The van der Waals surface area contributed by atoms with Crippen LogP contribution in [0.2, 0.25) is 0 Å². The number of carboxylic acids is 1. The number of hydrogen-bond acceptors (Lipinski definition) is 14. The smallest absolute Gasteiger partial charge is 0.352 e. The molecule has 1 saturated heterocycles. The summed E-state index contributed by atoms with van der Waals surface area (Å²) in [5.41, 5.74) is 11.8. The zero-order valence-electron chi connectivity index (χ0n) is 18.2. The van der Waals surface area contributed by atoms with Crippen LogP contribution < -0.4 is 22.6 Å². The first kappa shape index (κ1) is 24.8. The van der Waals surface area contributed by atoms with Gasteiger partial charge in [0.2, 0.25) is 0 Å². The predicted octanol–water partition coefficient (Wildman–Crippen LogP) is -1.11. The predicted molar refractivity (Wildman–Crippen MR) is 133 cm³/mol. The van der Waals surface area contributed by atoms with E-state index < -0.39 is 29.2 Å². The molecule has 186 valence electrons. The highest BCUT2D eigenvalue weighted by Gasteiger charge is 2.54. The van der Waals surface area contributed by atoms with E-state index in [1.165, 1.54) is 45.9 Å². The van der Waals surface area contributed by atoms with Gasteiger partial charge in [-0.2, -0.15) is 0 Å². The molecular weight excluding hydrogens is 518 g/mol. The molecule has 0 radical (unpaired) electrons. The molecule has 2 atom stereocenters. The lowest BCUT2D eigenvalue weighted by molar-refractivity contribution is -0.150. The molecule has 4 heterocycles. The second-order valence-corrected chi connectivity index (χ2v) is 10.2. The van der Waals surface area contributed by atoms with Crippen molar-refractivity contribution in [2.24, 2.45) is 21.7 Å². The van der Waals surface area contributed by atoms with E-state index in [9.17, 15) is 19.5 Å². The van der Waals surface area contributed by atoms with Gasteiger partial charge in [0.05, 0.1) is 6.54 Å². The lowest BCUT2D eigenvalue weighted by Gasteiger charge is -2.49. The molecule has 1 fully saturated rings.